The predicted octanol–water partition coefficient (Wildman–Crippen LogP) is 2.52. The molecule has 0 saturated carbocycles. The SMILES string of the molecule is CC(CC(O)COc1cccc(OCC(O)CC(C)C(C)(C)OC(=O)CC[NH+]([O-])OC(C)(C)C)c1)C(C)SCC(O)CO. The van der Waals surface area contributed by atoms with Gasteiger partial charge in [-0.15, -0.1) is 0 Å². The van der Waals surface area contributed by atoms with Crippen molar-refractivity contribution in [2.75, 3.05) is 32.1 Å². The van der Waals surface area contributed by atoms with E-state index in [0.717, 1.165) is 0 Å². The summed E-state index contributed by atoms with van der Waals surface area (Å²) in [6.45, 7) is 14.6. The van der Waals surface area contributed by atoms with Crippen molar-refractivity contribution in [2.24, 2.45) is 11.8 Å². The Bertz CT molecular complexity index is 928. The number of nitrogens with one attached hydrogen (secondary N) is 1. The Morgan fingerprint density at radius 2 is 1.51 bits per heavy atom. The molecular formula is C31H55NO10S. The molecule has 0 fully saturated rings. The average Bonchev–Trinajstić information content (AvgIpc) is 2.91. The van der Waals surface area contributed by atoms with Gasteiger partial charge in [-0.3, -0.25) is 4.79 Å². The highest BCUT2D eigenvalue weighted by Crippen LogP contribution is 2.27. The van der Waals surface area contributed by atoms with Gasteiger partial charge in [0.2, 0.25) is 0 Å². The maximum Gasteiger partial charge on any atom is 0.312 e. The second kappa shape index (κ2) is 19.0. The summed E-state index contributed by atoms with van der Waals surface area (Å²) in [4.78, 5) is 17.6. The molecule has 0 bridgehead atoms. The van der Waals surface area contributed by atoms with E-state index in [1.165, 1.54) is 0 Å². The van der Waals surface area contributed by atoms with Crippen LogP contribution in [0.4, 0.5) is 0 Å². The Balaban J connectivity index is 2.46. The van der Waals surface area contributed by atoms with E-state index in [-0.39, 0.29) is 49.9 Å². The minimum absolute atomic E-state index is 0.0249. The molecular weight excluding hydrogens is 578 g/mol. The summed E-state index contributed by atoms with van der Waals surface area (Å²) in [6.07, 6.45) is -1.47. The van der Waals surface area contributed by atoms with Gasteiger partial charge in [0, 0.05) is 17.1 Å². The molecule has 0 aliphatic carbocycles. The predicted molar refractivity (Wildman–Crippen MR) is 167 cm³/mol. The van der Waals surface area contributed by atoms with Gasteiger partial charge in [0.1, 0.15) is 42.5 Å². The number of ether oxygens (including phenoxy) is 3. The van der Waals surface area contributed by atoms with E-state index >= 15 is 0 Å². The number of aliphatic hydroxyl groups is 4. The number of hydroxylamine groups is 2. The summed E-state index contributed by atoms with van der Waals surface area (Å²) in [6, 6.07) is 6.96. The van der Waals surface area contributed by atoms with Crippen molar-refractivity contribution in [3.63, 3.8) is 0 Å². The van der Waals surface area contributed by atoms with Gasteiger partial charge >= 0.3 is 5.97 Å². The smallest absolute Gasteiger partial charge is 0.312 e. The second-order valence-electron chi connectivity index (χ2n) is 12.8. The highest BCUT2D eigenvalue weighted by Gasteiger charge is 2.32. The van der Waals surface area contributed by atoms with Crippen LogP contribution in [0.2, 0.25) is 0 Å². The van der Waals surface area contributed by atoms with Gasteiger partial charge in [-0.2, -0.15) is 16.6 Å². The molecule has 7 atom stereocenters. The monoisotopic (exact) mass is 633 g/mol. The first-order chi connectivity index (χ1) is 19.9. The van der Waals surface area contributed by atoms with Crippen molar-refractivity contribution >= 4 is 17.7 Å². The van der Waals surface area contributed by atoms with Crippen LogP contribution in [0.5, 0.6) is 11.5 Å². The highest BCUT2D eigenvalue weighted by atomic mass is 32.2. The van der Waals surface area contributed by atoms with Crippen molar-refractivity contribution in [3.8, 4) is 11.5 Å². The molecule has 12 heteroatoms. The Morgan fingerprint density at radius 1 is 0.953 bits per heavy atom. The quantitative estimate of drug-likeness (QED) is 0.0999. The normalized spacial score (nSPS) is 17.3. The standard InChI is InChI=1S/C31H55NO10S/c1-21(23(3)43-20-26(36)17-33)14-24(34)18-39-27-10-9-11-28(16-27)40-19-25(35)15-22(2)31(7,8)41-29(37)12-13-32(38)42-30(4,5)6/h9-11,16,21-26,32-36H,12-15,17-20H2,1-8H3. The topological polar surface area (TPSA) is 162 Å². The lowest BCUT2D eigenvalue weighted by Crippen LogP contribution is -3.07. The third-order valence-electron chi connectivity index (χ3n) is 7.04. The Hall–Kier alpha value is -1.64. The first kappa shape index (κ1) is 39.4. The van der Waals surface area contributed by atoms with Crippen LogP contribution in [0.25, 0.3) is 0 Å². The van der Waals surface area contributed by atoms with Crippen LogP contribution in [0.3, 0.4) is 0 Å². The maximum absolute atomic E-state index is 12.3. The van der Waals surface area contributed by atoms with Gasteiger partial charge < -0.3 is 39.8 Å². The zero-order chi connectivity index (χ0) is 32.8. The summed E-state index contributed by atoms with van der Waals surface area (Å²) in [5.41, 5.74) is -1.48. The molecule has 0 saturated heterocycles. The molecule has 1 aromatic carbocycles. The number of benzene rings is 1. The van der Waals surface area contributed by atoms with Crippen molar-refractivity contribution in [1.82, 2.24) is 0 Å². The molecule has 43 heavy (non-hydrogen) atoms. The number of quaternary nitrogens is 1. The van der Waals surface area contributed by atoms with E-state index < -0.39 is 40.7 Å². The summed E-state index contributed by atoms with van der Waals surface area (Å²) in [5, 5.41) is 51.2. The minimum Gasteiger partial charge on any atom is -0.600 e. The van der Waals surface area contributed by atoms with Crippen molar-refractivity contribution < 1.29 is 49.5 Å². The summed E-state index contributed by atoms with van der Waals surface area (Å²) >= 11 is 1.56. The van der Waals surface area contributed by atoms with Crippen LogP contribution in [0, 0.1) is 17.0 Å². The van der Waals surface area contributed by atoms with Gasteiger partial charge in [0.05, 0.1) is 31.3 Å². The summed E-state index contributed by atoms with van der Waals surface area (Å²) in [7, 11) is 0. The Morgan fingerprint density at radius 3 is 2.05 bits per heavy atom. The molecule has 0 aromatic heterocycles. The van der Waals surface area contributed by atoms with Gasteiger partial charge in [0.25, 0.3) is 0 Å². The molecule has 0 amide bonds. The van der Waals surface area contributed by atoms with Crippen LogP contribution in [0.1, 0.15) is 74.7 Å². The van der Waals surface area contributed by atoms with E-state index in [1.54, 1.807) is 70.6 Å². The van der Waals surface area contributed by atoms with Crippen LogP contribution in [-0.4, -0.2) is 93.3 Å². The zero-order valence-electron chi connectivity index (χ0n) is 27.1. The summed E-state index contributed by atoms with van der Waals surface area (Å²) in [5.74, 6) is 0.954. The Labute approximate surface area is 261 Å². The zero-order valence-corrected chi connectivity index (χ0v) is 27.9. The van der Waals surface area contributed by atoms with E-state index in [0.29, 0.717) is 30.1 Å². The van der Waals surface area contributed by atoms with E-state index in [1.807, 2.05) is 20.8 Å². The molecule has 5 N–H and O–H groups in total. The first-order valence-corrected chi connectivity index (χ1v) is 16.0. The lowest BCUT2D eigenvalue weighted by Gasteiger charge is -2.33. The number of carbonyl (C=O) groups is 1. The minimum atomic E-state index is -0.866. The van der Waals surface area contributed by atoms with Crippen LogP contribution in [0.15, 0.2) is 24.3 Å². The number of thioether (sulfide) groups is 1. The third kappa shape index (κ3) is 17.4. The molecule has 1 rings (SSSR count). The second-order valence-corrected chi connectivity index (χ2v) is 14.2. The fourth-order valence-electron chi connectivity index (χ4n) is 4.01. The average molecular weight is 634 g/mol. The molecule has 0 radical (unpaired) electrons. The lowest BCUT2D eigenvalue weighted by atomic mass is 9.87. The van der Waals surface area contributed by atoms with E-state index in [9.17, 15) is 25.3 Å². The van der Waals surface area contributed by atoms with Crippen LogP contribution in [-0.2, 0) is 14.4 Å². The Kier molecular flexibility index (Phi) is 17.4. The van der Waals surface area contributed by atoms with E-state index in [2.05, 4.69) is 0 Å². The van der Waals surface area contributed by atoms with Crippen molar-refractivity contribution in [3.05, 3.63) is 29.5 Å². The molecule has 0 spiro atoms. The number of hydrogen-bond acceptors (Lipinski definition) is 11. The first-order valence-electron chi connectivity index (χ1n) is 15.0. The van der Waals surface area contributed by atoms with Gasteiger partial charge in [-0.1, -0.05) is 26.8 Å². The fraction of sp³-hybridized carbons (Fsp3) is 0.774. The molecule has 250 valence electrons. The van der Waals surface area contributed by atoms with Gasteiger partial charge in [-0.05, 0) is 71.4 Å². The molecule has 1 aromatic rings. The molecule has 0 aliphatic rings. The number of carbonyl (C=O) groups excluding carboxylic acids is 1. The molecule has 0 heterocycles. The number of rotatable bonds is 21. The van der Waals surface area contributed by atoms with E-state index in [4.69, 9.17) is 24.2 Å². The number of esters is 1. The molecule has 7 unspecified atom stereocenters. The van der Waals surface area contributed by atoms with Crippen LogP contribution < -0.4 is 14.7 Å². The van der Waals surface area contributed by atoms with Crippen LogP contribution >= 0.6 is 11.8 Å². The highest BCUT2D eigenvalue weighted by molar-refractivity contribution is 7.99. The number of hydrogen-bond donors (Lipinski definition) is 5. The molecule has 11 nitrogen and oxygen atoms in total. The fourth-order valence-corrected chi connectivity index (χ4v) is 5.08. The number of aliphatic hydroxyl groups excluding tert-OH is 4. The summed E-state index contributed by atoms with van der Waals surface area (Å²) < 4.78 is 17.2. The van der Waals surface area contributed by atoms with Crippen molar-refractivity contribution in [2.45, 2.75) is 109 Å². The molecule has 0 aliphatic heterocycles. The van der Waals surface area contributed by atoms with Gasteiger partial charge in [0.15, 0.2) is 0 Å². The van der Waals surface area contributed by atoms with Gasteiger partial charge in [-0.25, -0.2) is 5.23 Å². The largest absolute Gasteiger partial charge is 0.600 e. The van der Waals surface area contributed by atoms with Crippen molar-refractivity contribution in [1.29, 1.82) is 0 Å². The third-order valence-corrected chi connectivity index (χ3v) is 8.61. The lowest BCUT2D eigenvalue weighted by molar-refractivity contribution is -1.06. The maximum atomic E-state index is 12.3.